The highest BCUT2D eigenvalue weighted by Gasteiger charge is 2.34. The standard InChI is InChI=1S/C15H19NO2S/c1-2-17-13-6-3-4-7-14(13)18-10-9-15(12-16)8-5-11-19-15/h3-4,6-7H,2,5,8-11H2,1H3. The predicted molar refractivity (Wildman–Crippen MR) is 77.8 cm³/mol. The van der Waals surface area contributed by atoms with Gasteiger partial charge < -0.3 is 9.47 Å². The molecule has 102 valence electrons. The molecule has 0 aliphatic carbocycles. The van der Waals surface area contributed by atoms with Crippen molar-refractivity contribution in [3.8, 4) is 17.6 Å². The van der Waals surface area contributed by atoms with Crippen molar-refractivity contribution < 1.29 is 9.47 Å². The topological polar surface area (TPSA) is 42.2 Å². The fourth-order valence-corrected chi connectivity index (χ4v) is 3.47. The normalized spacial score (nSPS) is 21.9. The Balaban J connectivity index is 1.90. The van der Waals surface area contributed by atoms with Crippen LogP contribution in [0, 0.1) is 11.3 Å². The highest BCUT2D eigenvalue weighted by Crippen LogP contribution is 2.40. The van der Waals surface area contributed by atoms with Gasteiger partial charge in [0, 0.05) is 6.42 Å². The fourth-order valence-electron chi connectivity index (χ4n) is 2.21. The van der Waals surface area contributed by atoms with E-state index in [2.05, 4.69) is 6.07 Å². The maximum Gasteiger partial charge on any atom is 0.161 e. The molecule has 0 bridgehead atoms. The first-order valence-corrected chi connectivity index (χ1v) is 7.68. The van der Waals surface area contributed by atoms with Gasteiger partial charge in [0.05, 0.1) is 19.3 Å². The lowest BCUT2D eigenvalue weighted by Crippen LogP contribution is -2.21. The van der Waals surface area contributed by atoms with Gasteiger partial charge in [-0.3, -0.25) is 0 Å². The molecule has 1 fully saturated rings. The van der Waals surface area contributed by atoms with Crippen LogP contribution >= 0.6 is 11.8 Å². The van der Waals surface area contributed by atoms with Crippen molar-refractivity contribution in [2.45, 2.75) is 30.9 Å². The Kier molecular flexibility index (Phi) is 4.98. The minimum Gasteiger partial charge on any atom is -0.490 e. The molecular weight excluding hydrogens is 258 g/mol. The van der Waals surface area contributed by atoms with Crippen LogP contribution in [0.2, 0.25) is 0 Å². The average Bonchev–Trinajstić information content (AvgIpc) is 2.90. The number of rotatable bonds is 6. The van der Waals surface area contributed by atoms with Gasteiger partial charge in [0.1, 0.15) is 4.75 Å². The molecule has 0 saturated carbocycles. The Labute approximate surface area is 118 Å². The number of nitrogens with zero attached hydrogens (tertiary/aromatic N) is 1. The van der Waals surface area contributed by atoms with E-state index < -0.39 is 0 Å². The molecule has 1 aliphatic heterocycles. The van der Waals surface area contributed by atoms with Crippen LogP contribution in [0.3, 0.4) is 0 Å². The first kappa shape index (κ1) is 14.1. The third-order valence-electron chi connectivity index (χ3n) is 3.22. The Hall–Kier alpha value is -1.34. The summed E-state index contributed by atoms with van der Waals surface area (Å²) in [7, 11) is 0. The molecule has 0 amide bonds. The third kappa shape index (κ3) is 3.57. The molecule has 1 aromatic carbocycles. The first-order chi connectivity index (χ1) is 9.29. The Morgan fingerprint density at radius 3 is 2.63 bits per heavy atom. The fraction of sp³-hybridized carbons (Fsp3) is 0.533. The molecule has 0 radical (unpaired) electrons. The maximum absolute atomic E-state index is 9.30. The van der Waals surface area contributed by atoms with Crippen LogP contribution in [0.15, 0.2) is 24.3 Å². The maximum atomic E-state index is 9.30. The van der Waals surface area contributed by atoms with Crippen molar-refractivity contribution in [1.29, 1.82) is 5.26 Å². The second-order valence-electron chi connectivity index (χ2n) is 4.54. The summed E-state index contributed by atoms with van der Waals surface area (Å²) >= 11 is 1.77. The van der Waals surface area contributed by atoms with Gasteiger partial charge in [-0.25, -0.2) is 0 Å². The number of para-hydroxylation sites is 2. The molecule has 19 heavy (non-hydrogen) atoms. The Morgan fingerprint density at radius 2 is 2.05 bits per heavy atom. The summed E-state index contributed by atoms with van der Waals surface area (Å²) in [5.74, 6) is 2.62. The third-order valence-corrected chi connectivity index (χ3v) is 4.76. The smallest absolute Gasteiger partial charge is 0.161 e. The largest absolute Gasteiger partial charge is 0.490 e. The summed E-state index contributed by atoms with van der Waals surface area (Å²) in [6.07, 6.45) is 2.88. The Bertz CT molecular complexity index is 450. The molecule has 1 atom stereocenters. The molecule has 2 rings (SSSR count). The van der Waals surface area contributed by atoms with Gasteiger partial charge in [0.2, 0.25) is 0 Å². The van der Waals surface area contributed by atoms with Gasteiger partial charge in [-0.05, 0) is 37.7 Å². The van der Waals surface area contributed by atoms with E-state index in [4.69, 9.17) is 9.47 Å². The molecule has 0 aromatic heterocycles. The van der Waals surface area contributed by atoms with Crippen LogP contribution in [-0.2, 0) is 0 Å². The summed E-state index contributed by atoms with van der Waals surface area (Å²) in [6.45, 7) is 3.14. The van der Waals surface area contributed by atoms with Crippen molar-refractivity contribution >= 4 is 11.8 Å². The second kappa shape index (κ2) is 6.72. The quantitative estimate of drug-likeness (QED) is 0.796. The number of hydrogen-bond donors (Lipinski definition) is 0. The molecule has 1 aromatic rings. The number of thioether (sulfide) groups is 1. The van der Waals surface area contributed by atoms with Crippen molar-refractivity contribution in [2.75, 3.05) is 19.0 Å². The number of ether oxygens (including phenoxy) is 2. The highest BCUT2D eigenvalue weighted by molar-refractivity contribution is 8.01. The van der Waals surface area contributed by atoms with Gasteiger partial charge in [-0.2, -0.15) is 5.26 Å². The minimum atomic E-state index is -0.236. The number of hydrogen-bond acceptors (Lipinski definition) is 4. The number of benzene rings is 1. The zero-order chi connectivity index (χ0) is 13.6. The van der Waals surface area contributed by atoms with Crippen molar-refractivity contribution in [3.63, 3.8) is 0 Å². The zero-order valence-corrected chi connectivity index (χ0v) is 12.0. The zero-order valence-electron chi connectivity index (χ0n) is 11.2. The van der Waals surface area contributed by atoms with Crippen molar-refractivity contribution in [2.24, 2.45) is 0 Å². The summed E-state index contributed by atoms with van der Waals surface area (Å²) in [4.78, 5) is 0. The van der Waals surface area contributed by atoms with E-state index in [0.717, 1.165) is 36.5 Å². The highest BCUT2D eigenvalue weighted by atomic mass is 32.2. The van der Waals surface area contributed by atoms with Crippen LogP contribution in [0.5, 0.6) is 11.5 Å². The SMILES string of the molecule is CCOc1ccccc1OCCC1(C#N)CCCS1. The average molecular weight is 277 g/mol. The van der Waals surface area contributed by atoms with Crippen molar-refractivity contribution in [1.82, 2.24) is 0 Å². The van der Waals surface area contributed by atoms with Crippen molar-refractivity contribution in [3.05, 3.63) is 24.3 Å². The lowest BCUT2D eigenvalue weighted by molar-refractivity contribution is 0.267. The van der Waals surface area contributed by atoms with E-state index in [1.54, 1.807) is 11.8 Å². The van der Waals surface area contributed by atoms with Crippen LogP contribution in [0.1, 0.15) is 26.2 Å². The van der Waals surface area contributed by atoms with Gasteiger partial charge >= 0.3 is 0 Å². The summed E-state index contributed by atoms with van der Waals surface area (Å²) < 4.78 is 11.1. The van der Waals surface area contributed by atoms with Gasteiger partial charge in [0.25, 0.3) is 0 Å². The summed E-state index contributed by atoms with van der Waals surface area (Å²) in [6, 6.07) is 10.1. The number of nitriles is 1. The predicted octanol–water partition coefficient (Wildman–Crippen LogP) is 3.64. The van der Waals surface area contributed by atoms with Crippen LogP contribution in [0.25, 0.3) is 0 Å². The summed E-state index contributed by atoms with van der Waals surface area (Å²) in [5, 5.41) is 9.30. The lowest BCUT2D eigenvalue weighted by atomic mass is 10.0. The lowest BCUT2D eigenvalue weighted by Gasteiger charge is -2.19. The molecule has 0 spiro atoms. The molecule has 1 saturated heterocycles. The first-order valence-electron chi connectivity index (χ1n) is 6.69. The van der Waals surface area contributed by atoms with E-state index in [9.17, 15) is 5.26 Å². The molecule has 3 nitrogen and oxygen atoms in total. The van der Waals surface area contributed by atoms with E-state index in [-0.39, 0.29) is 4.75 Å². The van der Waals surface area contributed by atoms with E-state index >= 15 is 0 Å². The molecule has 4 heteroatoms. The monoisotopic (exact) mass is 277 g/mol. The van der Waals surface area contributed by atoms with Crippen LogP contribution in [-0.4, -0.2) is 23.7 Å². The van der Waals surface area contributed by atoms with Gasteiger partial charge in [-0.15, -0.1) is 11.8 Å². The van der Waals surface area contributed by atoms with E-state index in [1.807, 2.05) is 31.2 Å². The second-order valence-corrected chi connectivity index (χ2v) is 6.01. The molecule has 1 aliphatic rings. The molecule has 1 heterocycles. The molecular formula is C15H19NO2S. The van der Waals surface area contributed by atoms with Crippen LogP contribution < -0.4 is 9.47 Å². The summed E-state index contributed by atoms with van der Waals surface area (Å²) in [5.41, 5.74) is 0. The van der Waals surface area contributed by atoms with Gasteiger partial charge in [0.15, 0.2) is 11.5 Å². The molecule has 0 N–H and O–H groups in total. The van der Waals surface area contributed by atoms with Crippen LogP contribution in [0.4, 0.5) is 0 Å². The minimum absolute atomic E-state index is 0.236. The molecule has 1 unspecified atom stereocenters. The van der Waals surface area contributed by atoms with Gasteiger partial charge in [-0.1, -0.05) is 12.1 Å². The van der Waals surface area contributed by atoms with E-state index in [0.29, 0.717) is 13.2 Å². The Morgan fingerprint density at radius 1 is 1.32 bits per heavy atom. The van der Waals surface area contributed by atoms with E-state index in [1.165, 1.54) is 0 Å².